The molecule has 0 saturated heterocycles. The van der Waals surface area contributed by atoms with Gasteiger partial charge >= 0.3 is 5.97 Å². The van der Waals surface area contributed by atoms with Crippen LogP contribution in [0.1, 0.15) is 54.1 Å². The van der Waals surface area contributed by atoms with Crippen LogP contribution in [0.15, 0.2) is 10.9 Å². The Morgan fingerprint density at radius 1 is 1.35 bits per heavy atom. The minimum atomic E-state index is -1.24. The van der Waals surface area contributed by atoms with Crippen molar-refractivity contribution in [2.24, 2.45) is 0 Å². The fourth-order valence-electron chi connectivity index (χ4n) is 2.45. The van der Waals surface area contributed by atoms with Crippen molar-refractivity contribution in [2.45, 2.75) is 38.0 Å². The Hall–Kier alpha value is -1.78. The number of H-pyrrole nitrogens is 1. The number of pyridine rings is 1. The molecular formula is C12H16N2O3. The smallest absolute Gasteiger partial charge is 0.341 e. The summed E-state index contributed by atoms with van der Waals surface area (Å²) >= 11 is 0. The molecule has 0 amide bonds. The maximum atomic E-state index is 11.6. The van der Waals surface area contributed by atoms with Gasteiger partial charge in [0.1, 0.15) is 5.56 Å². The largest absolute Gasteiger partial charge is 0.477 e. The maximum Gasteiger partial charge on any atom is 0.341 e. The first-order valence-corrected chi connectivity index (χ1v) is 5.85. The van der Waals surface area contributed by atoms with E-state index in [4.69, 9.17) is 10.8 Å². The topological polar surface area (TPSA) is 96.2 Å². The number of aromatic amines is 1. The fraction of sp³-hybridized carbons (Fsp3) is 0.500. The predicted octanol–water partition coefficient (Wildman–Crippen LogP) is 1.70. The summed E-state index contributed by atoms with van der Waals surface area (Å²) in [6.07, 6.45) is 5.49. The Morgan fingerprint density at radius 3 is 2.59 bits per heavy atom. The monoisotopic (exact) mass is 236 g/mol. The number of anilines is 1. The first-order valence-electron chi connectivity index (χ1n) is 5.85. The van der Waals surface area contributed by atoms with Gasteiger partial charge in [0, 0.05) is 11.6 Å². The molecule has 0 aliphatic heterocycles. The van der Waals surface area contributed by atoms with Crippen molar-refractivity contribution in [1.82, 2.24) is 4.98 Å². The highest BCUT2D eigenvalue weighted by Crippen LogP contribution is 2.33. The normalized spacial score (nSPS) is 16.9. The van der Waals surface area contributed by atoms with E-state index in [2.05, 4.69) is 4.98 Å². The van der Waals surface area contributed by atoms with Gasteiger partial charge in [-0.2, -0.15) is 0 Å². The molecule has 4 N–H and O–H groups in total. The van der Waals surface area contributed by atoms with Gasteiger partial charge in [0.05, 0.1) is 5.69 Å². The number of carbonyl (C=O) groups is 1. The van der Waals surface area contributed by atoms with Crippen molar-refractivity contribution in [3.63, 3.8) is 0 Å². The second-order valence-electron chi connectivity index (χ2n) is 4.52. The zero-order valence-electron chi connectivity index (χ0n) is 9.53. The molecule has 1 saturated carbocycles. The molecule has 0 unspecified atom stereocenters. The summed E-state index contributed by atoms with van der Waals surface area (Å²) in [6.45, 7) is 0. The van der Waals surface area contributed by atoms with Crippen LogP contribution < -0.4 is 11.3 Å². The minimum absolute atomic E-state index is 0.263. The number of nitrogens with one attached hydrogen (secondary N) is 1. The Balaban J connectivity index is 2.38. The number of nitrogens with two attached hydrogens (primary N) is 1. The molecule has 1 fully saturated rings. The molecule has 17 heavy (non-hydrogen) atoms. The molecule has 5 heteroatoms. The molecule has 92 valence electrons. The molecule has 1 heterocycles. The number of nitrogen functional groups attached to an aromatic ring is 1. The maximum absolute atomic E-state index is 11.6. The number of carboxylic acid groups (broad SMARTS) is 1. The molecule has 5 nitrogen and oxygen atoms in total. The lowest BCUT2D eigenvalue weighted by Crippen LogP contribution is -2.22. The third kappa shape index (κ3) is 2.33. The van der Waals surface area contributed by atoms with Gasteiger partial charge in [-0.05, 0) is 18.9 Å². The molecule has 0 aromatic carbocycles. The summed E-state index contributed by atoms with van der Waals surface area (Å²) in [7, 11) is 0. The van der Waals surface area contributed by atoms with Crippen LogP contribution in [0.3, 0.4) is 0 Å². The van der Waals surface area contributed by atoms with E-state index in [-0.39, 0.29) is 11.5 Å². The quantitative estimate of drug-likeness (QED) is 0.728. The van der Waals surface area contributed by atoms with Gasteiger partial charge in [-0.1, -0.05) is 19.3 Å². The molecular weight excluding hydrogens is 220 g/mol. The van der Waals surface area contributed by atoms with Crippen molar-refractivity contribution < 1.29 is 9.90 Å². The van der Waals surface area contributed by atoms with Crippen molar-refractivity contribution in [3.8, 4) is 0 Å². The van der Waals surface area contributed by atoms with Crippen LogP contribution in [0.5, 0.6) is 0 Å². The molecule has 1 aliphatic rings. The van der Waals surface area contributed by atoms with E-state index >= 15 is 0 Å². The second kappa shape index (κ2) is 4.61. The van der Waals surface area contributed by atoms with Gasteiger partial charge in [-0.15, -0.1) is 0 Å². The molecule has 0 spiro atoms. The molecule has 2 rings (SSSR count). The Bertz CT molecular complexity index is 487. The van der Waals surface area contributed by atoms with Gasteiger partial charge in [0.25, 0.3) is 5.56 Å². The first kappa shape index (κ1) is 11.7. The number of aromatic carboxylic acids is 1. The van der Waals surface area contributed by atoms with Crippen molar-refractivity contribution in [1.29, 1.82) is 0 Å². The molecule has 1 aromatic rings. The van der Waals surface area contributed by atoms with Gasteiger partial charge in [-0.3, -0.25) is 4.79 Å². The lowest BCUT2D eigenvalue weighted by molar-refractivity contribution is 0.0695. The number of aromatic nitrogens is 1. The summed E-state index contributed by atoms with van der Waals surface area (Å²) < 4.78 is 0. The van der Waals surface area contributed by atoms with Crippen LogP contribution in [0.25, 0.3) is 0 Å². The van der Waals surface area contributed by atoms with Crippen molar-refractivity contribution >= 4 is 11.7 Å². The van der Waals surface area contributed by atoms with Gasteiger partial charge in [0.2, 0.25) is 0 Å². The van der Waals surface area contributed by atoms with E-state index in [0.717, 1.165) is 25.7 Å². The lowest BCUT2D eigenvalue weighted by Gasteiger charge is -2.22. The summed E-state index contributed by atoms with van der Waals surface area (Å²) in [5.41, 5.74) is 6.06. The Morgan fingerprint density at radius 2 is 2.00 bits per heavy atom. The standard InChI is InChI=1S/C12H16N2O3/c13-9-6-8(12(16)17)11(15)14-10(9)7-4-2-1-3-5-7/h6-7H,1-5,13H2,(H,14,15)(H,16,17). The van der Waals surface area contributed by atoms with Crippen LogP contribution in [-0.4, -0.2) is 16.1 Å². The zero-order valence-corrected chi connectivity index (χ0v) is 9.53. The van der Waals surface area contributed by atoms with E-state index in [1.165, 1.54) is 12.5 Å². The summed E-state index contributed by atoms with van der Waals surface area (Å²) in [5, 5.41) is 8.82. The second-order valence-corrected chi connectivity index (χ2v) is 4.52. The van der Waals surface area contributed by atoms with Crippen molar-refractivity contribution in [3.05, 3.63) is 27.7 Å². The Labute approximate surface area is 98.7 Å². The third-order valence-corrected chi connectivity index (χ3v) is 3.35. The van der Waals surface area contributed by atoms with Crippen LogP contribution >= 0.6 is 0 Å². The average Bonchev–Trinajstić information content (AvgIpc) is 2.32. The van der Waals surface area contributed by atoms with E-state index in [1.54, 1.807) is 0 Å². The van der Waals surface area contributed by atoms with Crippen LogP contribution in [-0.2, 0) is 0 Å². The highest BCUT2D eigenvalue weighted by Gasteiger charge is 2.20. The number of hydrogen-bond acceptors (Lipinski definition) is 3. The highest BCUT2D eigenvalue weighted by molar-refractivity contribution is 5.88. The van der Waals surface area contributed by atoms with Gasteiger partial charge < -0.3 is 15.8 Å². The molecule has 0 atom stereocenters. The summed E-state index contributed by atoms with van der Waals surface area (Å²) in [6, 6.07) is 1.27. The van der Waals surface area contributed by atoms with Gasteiger partial charge in [-0.25, -0.2) is 4.79 Å². The highest BCUT2D eigenvalue weighted by atomic mass is 16.4. The zero-order chi connectivity index (χ0) is 12.4. The average molecular weight is 236 g/mol. The van der Waals surface area contributed by atoms with Gasteiger partial charge in [0.15, 0.2) is 0 Å². The minimum Gasteiger partial charge on any atom is -0.477 e. The van der Waals surface area contributed by atoms with Crippen LogP contribution in [0.2, 0.25) is 0 Å². The lowest BCUT2D eigenvalue weighted by atomic mass is 9.86. The molecule has 1 aliphatic carbocycles. The Kier molecular flexibility index (Phi) is 3.17. The van der Waals surface area contributed by atoms with Crippen LogP contribution in [0, 0.1) is 0 Å². The first-order chi connectivity index (χ1) is 8.09. The van der Waals surface area contributed by atoms with E-state index in [1.807, 2.05) is 0 Å². The number of carboxylic acids is 1. The van der Waals surface area contributed by atoms with E-state index in [0.29, 0.717) is 11.4 Å². The number of hydrogen-bond donors (Lipinski definition) is 3. The molecule has 0 radical (unpaired) electrons. The molecule has 0 bridgehead atoms. The third-order valence-electron chi connectivity index (χ3n) is 3.35. The predicted molar refractivity (Wildman–Crippen MR) is 64.3 cm³/mol. The van der Waals surface area contributed by atoms with Crippen molar-refractivity contribution in [2.75, 3.05) is 5.73 Å². The fourth-order valence-corrected chi connectivity index (χ4v) is 2.45. The SMILES string of the molecule is Nc1cc(C(=O)O)c(=O)[nH]c1C1CCCCC1. The van der Waals surface area contributed by atoms with E-state index in [9.17, 15) is 9.59 Å². The summed E-state index contributed by atoms with van der Waals surface area (Å²) in [4.78, 5) is 25.0. The summed E-state index contributed by atoms with van der Waals surface area (Å²) in [5.74, 6) is -0.979. The van der Waals surface area contributed by atoms with Crippen LogP contribution in [0.4, 0.5) is 5.69 Å². The van der Waals surface area contributed by atoms with E-state index < -0.39 is 11.5 Å². The molecule has 1 aromatic heterocycles. The number of rotatable bonds is 2.